The summed E-state index contributed by atoms with van der Waals surface area (Å²) in [4.78, 5) is 27.2. The zero-order valence-electron chi connectivity index (χ0n) is 13.9. The Labute approximate surface area is 140 Å². The molecule has 7 heteroatoms. The summed E-state index contributed by atoms with van der Waals surface area (Å²) < 4.78 is 5.28. The number of rotatable bonds is 6. The molecule has 1 aromatic carbocycles. The number of carboxylic acids is 1. The van der Waals surface area contributed by atoms with E-state index in [0.717, 1.165) is 5.39 Å². The van der Waals surface area contributed by atoms with Crippen molar-refractivity contribution in [2.24, 2.45) is 0 Å². The number of amides is 2. The molecule has 0 aliphatic rings. The van der Waals surface area contributed by atoms with Crippen LogP contribution in [0.15, 0.2) is 30.5 Å². The Balaban J connectivity index is 2.15. The van der Waals surface area contributed by atoms with Gasteiger partial charge in [-0.3, -0.25) is 9.78 Å². The van der Waals surface area contributed by atoms with Gasteiger partial charge in [-0.05, 0) is 44.5 Å². The third kappa shape index (κ3) is 4.34. The number of carbonyl (C=O) groups is 2. The largest absolute Gasteiger partial charge is 0.494 e. The monoisotopic (exact) mass is 331 g/mol. The van der Waals surface area contributed by atoms with Crippen LogP contribution >= 0.6 is 0 Å². The molecule has 0 aliphatic carbocycles. The molecule has 2 amide bonds. The number of ether oxygens (including phenoxy) is 1. The van der Waals surface area contributed by atoms with E-state index in [2.05, 4.69) is 15.6 Å². The van der Waals surface area contributed by atoms with Gasteiger partial charge in [0.2, 0.25) is 0 Å². The smallest absolute Gasteiger partial charge is 0.319 e. The number of nitrogens with zero attached hydrogens (tertiary/aromatic N) is 1. The van der Waals surface area contributed by atoms with Crippen molar-refractivity contribution in [2.75, 3.05) is 12.4 Å². The van der Waals surface area contributed by atoms with Crippen molar-refractivity contribution in [1.29, 1.82) is 0 Å². The number of urea groups is 1. The molecule has 24 heavy (non-hydrogen) atoms. The van der Waals surface area contributed by atoms with Crippen LogP contribution in [0.2, 0.25) is 0 Å². The van der Waals surface area contributed by atoms with Gasteiger partial charge in [-0.2, -0.15) is 0 Å². The molecule has 0 atom stereocenters. The van der Waals surface area contributed by atoms with Gasteiger partial charge >= 0.3 is 12.0 Å². The van der Waals surface area contributed by atoms with Gasteiger partial charge in [0.05, 0.1) is 12.8 Å². The minimum atomic E-state index is -0.891. The van der Waals surface area contributed by atoms with Gasteiger partial charge in [0.1, 0.15) is 11.3 Å². The second-order valence-electron chi connectivity index (χ2n) is 6.07. The van der Waals surface area contributed by atoms with Gasteiger partial charge in [0, 0.05) is 23.5 Å². The molecule has 0 fully saturated rings. The molecule has 1 aromatic heterocycles. The molecular weight excluding hydrogens is 310 g/mol. The lowest BCUT2D eigenvalue weighted by Gasteiger charge is -2.26. The van der Waals surface area contributed by atoms with Crippen molar-refractivity contribution in [2.45, 2.75) is 32.2 Å². The fraction of sp³-hybridized carbons (Fsp3) is 0.353. The highest BCUT2D eigenvalue weighted by Crippen LogP contribution is 2.29. The Morgan fingerprint density at radius 3 is 2.71 bits per heavy atom. The van der Waals surface area contributed by atoms with Gasteiger partial charge in [-0.25, -0.2) is 4.79 Å². The van der Waals surface area contributed by atoms with Crippen LogP contribution in [0.25, 0.3) is 10.9 Å². The number of aliphatic carboxylic acids is 1. The van der Waals surface area contributed by atoms with Crippen LogP contribution < -0.4 is 15.4 Å². The quantitative estimate of drug-likeness (QED) is 0.755. The molecule has 0 spiro atoms. The van der Waals surface area contributed by atoms with E-state index in [1.807, 2.05) is 6.07 Å². The van der Waals surface area contributed by atoms with Gasteiger partial charge in [0.25, 0.3) is 0 Å². The lowest BCUT2D eigenvalue weighted by atomic mass is 9.99. The summed E-state index contributed by atoms with van der Waals surface area (Å²) in [5, 5.41) is 15.1. The Morgan fingerprint density at radius 2 is 2.04 bits per heavy atom. The number of carboxylic acid groups (broad SMARTS) is 1. The van der Waals surface area contributed by atoms with Gasteiger partial charge in [-0.1, -0.05) is 0 Å². The molecule has 0 unspecified atom stereocenters. The van der Waals surface area contributed by atoms with E-state index in [0.29, 0.717) is 23.4 Å². The van der Waals surface area contributed by atoms with Crippen LogP contribution in [0.4, 0.5) is 10.5 Å². The molecule has 2 rings (SSSR count). The predicted octanol–water partition coefficient (Wildman–Crippen LogP) is 3.01. The first-order chi connectivity index (χ1) is 11.3. The average Bonchev–Trinajstić information content (AvgIpc) is 2.53. The van der Waals surface area contributed by atoms with Crippen molar-refractivity contribution in [3.63, 3.8) is 0 Å². The maximum atomic E-state index is 12.2. The molecule has 0 radical (unpaired) electrons. The van der Waals surface area contributed by atoms with E-state index < -0.39 is 17.5 Å². The van der Waals surface area contributed by atoms with Crippen molar-refractivity contribution >= 4 is 28.6 Å². The molecule has 0 saturated carbocycles. The number of anilines is 1. The standard InChI is InChI=1S/C17H21N3O4/c1-17(2,9-8-14(21)22)20-16(23)19-12-6-7-13(24-3)15-11(12)5-4-10-18-15/h4-7,10H,8-9H2,1-3H3,(H,21,22)(H2,19,20,23). The number of fused-ring (bicyclic) bond motifs is 1. The molecule has 1 heterocycles. The normalized spacial score (nSPS) is 11.1. The van der Waals surface area contributed by atoms with E-state index in [9.17, 15) is 9.59 Å². The number of aromatic nitrogens is 1. The number of hydrogen-bond acceptors (Lipinski definition) is 4. The summed E-state index contributed by atoms with van der Waals surface area (Å²) >= 11 is 0. The van der Waals surface area contributed by atoms with Gasteiger partial charge in [-0.15, -0.1) is 0 Å². The van der Waals surface area contributed by atoms with Crippen molar-refractivity contribution in [3.8, 4) is 5.75 Å². The van der Waals surface area contributed by atoms with E-state index in [-0.39, 0.29) is 6.42 Å². The van der Waals surface area contributed by atoms with Crippen LogP contribution in [-0.2, 0) is 4.79 Å². The zero-order valence-corrected chi connectivity index (χ0v) is 13.9. The zero-order chi connectivity index (χ0) is 17.7. The molecule has 0 bridgehead atoms. The first-order valence-electron chi connectivity index (χ1n) is 7.55. The maximum Gasteiger partial charge on any atom is 0.319 e. The lowest BCUT2D eigenvalue weighted by Crippen LogP contribution is -2.45. The minimum absolute atomic E-state index is 0.0112. The molecule has 0 saturated heterocycles. The van der Waals surface area contributed by atoms with E-state index in [1.165, 1.54) is 0 Å². The molecule has 7 nitrogen and oxygen atoms in total. The summed E-state index contributed by atoms with van der Waals surface area (Å²) in [7, 11) is 1.56. The molecule has 3 N–H and O–H groups in total. The van der Waals surface area contributed by atoms with Gasteiger partial charge in [0.15, 0.2) is 0 Å². The Hall–Kier alpha value is -2.83. The molecule has 128 valence electrons. The second-order valence-corrected chi connectivity index (χ2v) is 6.07. The number of hydrogen-bond donors (Lipinski definition) is 3. The predicted molar refractivity (Wildman–Crippen MR) is 91.4 cm³/mol. The van der Waals surface area contributed by atoms with E-state index >= 15 is 0 Å². The third-order valence-electron chi connectivity index (χ3n) is 3.62. The molecular formula is C17H21N3O4. The SMILES string of the molecule is COc1ccc(NC(=O)NC(C)(C)CCC(=O)O)c2cccnc12. The summed E-state index contributed by atoms with van der Waals surface area (Å²) in [5.41, 5.74) is 0.622. The van der Waals surface area contributed by atoms with Crippen molar-refractivity contribution in [3.05, 3.63) is 30.5 Å². The Morgan fingerprint density at radius 1 is 1.29 bits per heavy atom. The van der Waals surface area contributed by atoms with Crippen molar-refractivity contribution in [1.82, 2.24) is 10.3 Å². The Kier molecular flexibility index (Phi) is 5.23. The second kappa shape index (κ2) is 7.16. The summed E-state index contributed by atoms with van der Waals surface area (Å²) in [5.74, 6) is -0.268. The fourth-order valence-corrected chi connectivity index (χ4v) is 2.36. The first-order valence-corrected chi connectivity index (χ1v) is 7.55. The van der Waals surface area contributed by atoms with Crippen LogP contribution in [0.3, 0.4) is 0 Å². The van der Waals surface area contributed by atoms with Crippen LogP contribution in [0.1, 0.15) is 26.7 Å². The summed E-state index contributed by atoms with van der Waals surface area (Å²) in [6, 6.07) is 6.70. The number of nitrogens with one attached hydrogen (secondary N) is 2. The lowest BCUT2D eigenvalue weighted by molar-refractivity contribution is -0.137. The van der Waals surface area contributed by atoms with Crippen molar-refractivity contribution < 1.29 is 19.4 Å². The molecule has 2 aromatic rings. The number of methoxy groups -OCH3 is 1. The van der Waals surface area contributed by atoms with Gasteiger partial charge < -0.3 is 20.5 Å². The fourth-order valence-electron chi connectivity index (χ4n) is 2.36. The Bertz CT molecular complexity index is 759. The van der Waals surface area contributed by atoms with E-state index in [4.69, 9.17) is 9.84 Å². The maximum absolute atomic E-state index is 12.2. The highest BCUT2D eigenvalue weighted by atomic mass is 16.5. The van der Waals surface area contributed by atoms with Crippen LogP contribution in [-0.4, -0.2) is 34.7 Å². The van der Waals surface area contributed by atoms with E-state index in [1.54, 1.807) is 45.4 Å². The topological polar surface area (TPSA) is 101 Å². The third-order valence-corrected chi connectivity index (χ3v) is 3.62. The van der Waals surface area contributed by atoms with Crippen LogP contribution in [0.5, 0.6) is 5.75 Å². The number of benzene rings is 1. The summed E-state index contributed by atoms with van der Waals surface area (Å²) in [6.45, 7) is 3.56. The van der Waals surface area contributed by atoms with Crippen LogP contribution in [0, 0.1) is 0 Å². The number of carbonyl (C=O) groups excluding carboxylic acids is 1. The average molecular weight is 331 g/mol. The highest BCUT2D eigenvalue weighted by molar-refractivity contribution is 6.02. The molecule has 0 aliphatic heterocycles. The minimum Gasteiger partial charge on any atom is -0.494 e. The summed E-state index contributed by atoms with van der Waals surface area (Å²) in [6.07, 6.45) is 1.98. The highest BCUT2D eigenvalue weighted by Gasteiger charge is 2.22. The number of pyridine rings is 1. The first kappa shape index (κ1) is 17.5.